The van der Waals surface area contributed by atoms with E-state index >= 15 is 0 Å². The number of nitrogens with zero attached hydrogens (tertiary/aromatic N) is 6. The molecule has 5 heterocycles. The van der Waals surface area contributed by atoms with Gasteiger partial charge >= 0.3 is 6.09 Å². The van der Waals surface area contributed by atoms with E-state index in [2.05, 4.69) is 38.9 Å². The quantitative estimate of drug-likeness (QED) is 0.350. The Bertz CT molecular complexity index is 1500. The minimum absolute atomic E-state index is 0.309. The molecule has 1 saturated carbocycles. The van der Waals surface area contributed by atoms with Gasteiger partial charge in [-0.3, -0.25) is 4.98 Å². The summed E-state index contributed by atoms with van der Waals surface area (Å²) < 4.78 is 7.94. The Morgan fingerprint density at radius 3 is 2.66 bits per heavy atom. The maximum atomic E-state index is 12.6. The molecule has 4 aromatic rings. The highest BCUT2D eigenvalue weighted by atomic mass is 16.6. The Hall–Kier alpha value is -3.75. The van der Waals surface area contributed by atoms with Gasteiger partial charge in [-0.1, -0.05) is 13.0 Å². The molecule has 198 valence electrons. The molecule has 9 heteroatoms. The molecule has 0 radical (unpaired) electrons. The van der Waals surface area contributed by atoms with Crippen molar-refractivity contribution in [2.24, 2.45) is 5.92 Å². The summed E-state index contributed by atoms with van der Waals surface area (Å²) in [4.78, 5) is 33.2. The Balaban J connectivity index is 1.29. The minimum Gasteiger partial charge on any atom is -0.444 e. The van der Waals surface area contributed by atoms with Crippen LogP contribution in [0.4, 0.5) is 16.6 Å². The highest BCUT2D eigenvalue weighted by Gasteiger charge is 2.27. The van der Waals surface area contributed by atoms with E-state index in [1.165, 1.54) is 12.8 Å². The Labute approximate surface area is 222 Å². The van der Waals surface area contributed by atoms with Crippen molar-refractivity contribution in [2.75, 3.05) is 11.9 Å². The van der Waals surface area contributed by atoms with Gasteiger partial charge in [-0.15, -0.1) is 0 Å². The van der Waals surface area contributed by atoms with Crippen molar-refractivity contribution < 1.29 is 9.53 Å². The minimum atomic E-state index is -0.529. The summed E-state index contributed by atoms with van der Waals surface area (Å²) in [5.41, 5.74) is 3.52. The fraction of sp³-hybridized carbons (Fsp3) is 0.483. The Morgan fingerprint density at radius 1 is 1.05 bits per heavy atom. The normalized spacial score (nSPS) is 19.9. The Morgan fingerprint density at radius 2 is 1.87 bits per heavy atom. The second-order valence-corrected chi connectivity index (χ2v) is 11.7. The summed E-state index contributed by atoms with van der Waals surface area (Å²) in [6.07, 6.45) is 10.9. The van der Waals surface area contributed by atoms with Crippen LogP contribution in [0.15, 0.2) is 36.8 Å². The number of fused-ring (bicyclic) bond motifs is 4. The van der Waals surface area contributed by atoms with Gasteiger partial charge in [-0.05, 0) is 76.5 Å². The van der Waals surface area contributed by atoms with E-state index in [9.17, 15) is 4.79 Å². The molecule has 1 N–H and O–H groups in total. The molecular weight excluding hydrogens is 478 g/mol. The van der Waals surface area contributed by atoms with Crippen LogP contribution in [0.5, 0.6) is 0 Å². The van der Waals surface area contributed by atoms with Gasteiger partial charge in [0.25, 0.3) is 0 Å². The lowest BCUT2D eigenvalue weighted by Crippen LogP contribution is -2.40. The monoisotopic (exact) mass is 513 g/mol. The molecular formula is C29H35N7O2. The summed E-state index contributed by atoms with van der Waals surface area (Å²) in [6.45, 7) is 9.02. The number of amides is 1. The van der Waals surface area contributed by atoms with Crippen LogP contribution in [-0.4, -0.2) is 47.6 Å². The van der Waals surface area contributed by atoms with Crippen molar-refractivity contribution in [3.63, 3.8) is 0 Å². The topological polar surface area (TPSA) is 98.1 Å². The highest BCUT2D eigenvalue weighted by molar-refractivity contribution is 6.06. The molecule has 0 saturated heterocycles. The first-order chi connectivity index (χ1) is 18.2. The SMILES string of the molecule is CC(C)(C)OC(=O)N1CCc2ccc(Nc3ncc4c5ccncc5n([C@H]5CC[C@H](C)CC5)c4n3)nc2C1. The third-order valence-electron chi connectivity index (χ3n) is 7.65. The van der Waals surface area contributed by atoms with Crippen molar-refractivity contribution in [1.29, 1.82) is 0 Å². The van der Waals surface area contributed by atoms with Crippen LogP contribution >= 0.6 is 0 Å². The second-order valence-electron chi connectivity index (χ2n) is 11.7. The van der Waals surface area contributed by atoms with Gasteiger partial charge in [0.15, 0.2) is 0 Å². The summed E-state index contributed by atoms with van der Waals surface area (Å²) in [5.74, 6) is 1.93. The lowest BCUT2D eigenvalue weighted by molar-refractivity contribution is 0.0221. The summed E-state index contributed by atoms with van der Waals surface area (Å²) in [7, 11) is 0. The number of hydrogen-bond donors (Lipinski definition) is 1. The predicted octanol–water partition coefficient (Wildman–Crippen LogP) is 6.16. The second kappa shape index (κ2) is 9.53. The average Bonchev–Trinajstić information content (AvgIpc) is 3.21. The fourth-order valence-corrected chi connectivity index (χ4v) is 5.67. The highest BCUT2D eigenvalue weighted by Crippen LogP contribution is 2.38. The maximum Gasteiger partial charge on any atom is 0.410 e. The van der Waals surface area contributed by atoms with Gasteiger partial charge in [0.05, 0.1) is 24.0 Å². The summed E-state index contributed by atoms with van der Waals surface area (Å²) in [6, 6.07) is 6.48. The van der Waals surface area contributed by atoms with Gasteiger partial charge in [0.1, 0.15) is 17.1 Å². The van der Waals surface area contributed by atoms with Crippen LogP contribution in [0.3, 0.4) is 0 Å². The first kappa shape index (κ1) is 24.6. The Kier molecular flexibility index (Phi) is 6.16. The standard InChI is InChI=1S/C29H35N7O2/c1-18-5-8-20(9-6-18)36-24-16-30-13-11-21(24)22-15-31-27(34-26(22)36)33-25-10-7-19-12-14-35(17-23(19)32-25)28(37)38-29(2,3)4/h7,10-11,13,15-16,18,20H,5-6,8-9,12,14,17H2,1-4H3,(H,31,32,33,34)/t18-,20-. The van der Waals surface area contributed by atoms with E-state index in [1.54, 1.807) is 4.90 Å². The summed E-state index contributed by atoms with van der Waals surface area (Å²) in [5, 5.41) is 5.49. The molecule has 0 atom stereocenters. The van der Waals surface area contributed by atoms with Crippen molar-refractivity contribution in [2.45, 2.75) is 78.0 Å². The number of anilines is 2. The molecule has 1 aliphatic heterocycles. The third kappa shape index (κ3) is 4.77. The van der Waals surface area contributed by atoms with Crippen molar-refractivity contribution in [3.8, 4) is 0 Å². The van der Waals surface area contributed by atoms with Gasteiger partial charge < -0.3 is 19.5 Å². The number of ether oxygens (including phenoxy) is 1. The average molecular weight is 514 g/mol. The molecule has 1 aliphatic carbocycles. The zero-order valence-electron chi connectivity index (χ0n) is 22.6. The first-order valence-electron chi connectivity index (χ1n) is 13.6. The van der Waals surface area contributed by atoms with Crippen LogP contribution in [-0.2, 0) is 17.7 Å². The number of rotatable bonds is 3. The van der Waals surface area contributed by atoms with Gasteiger partial charge in [0, 0.05) is 35.8 Å². The number of hydrogen-bond acceptors (Lipinski definition) is 7. The molecule has 6 rings (SSSR count). The van der Waals surface area contributed by atoms with E-state index in [0.29, 0.717) is 30.9 Å². The number of carbonyl (C=O) groups is 1. The molecule has 0 spiro atoms. The zero-order valence-corrected chi connectivity index (χ0v) is 22.6. The molecule has 9 nitrogen and oxygen atoms in total. The molecule has 0 bridgehead atoms. The lowest BCUT2D eigenvalue weighted by Gasteiger charge is -2.30. The molecule has 1 amide bonds. The van der Waals surface area contributed by atoms with E-state index in [1.807, 2.05) is 45.4 Å². The van der Waals surface area contributed by atoms with E-state index in [0.717, 1.165) is 58.4 Å². The zero-order chi connectivity index (χ0) is 26.4. The maximum absolute atomic E-state index is 12.6. The number of carbonyl (C=O) groups excluding carboxylic acids is 1. The smallest absolute Gasteiger partial charge is 0.410 e. The van der Waals surface area contributed by atoms with Crippen molar-refractivity contribution >= 4 is 39.8 Å². The number of aromatic nitrogens is 5. The number of nitrogens with one attached hydrogen (secondary N) is 1. The molecule has 4 aromatic heterocycles. The van der Waals surface area contributed by atoms with Gasteiger partial charge in [-0.25, -0.2) is 14.8 Å². The van der Waals surface area contributed by atoms with E-state index in [4.69, 9.17) is 14.7 Å². The fourth-order valence-electron chi connectivity index (χ4n) is 5.67. The van der Waals surface area contributed by atoms with Crippen LogP contribution < -0.4 is 5.32 Å². The molecule has 0 aromatic carbocycles. The summed E-state index contributed by atoms with van der Waals surface area (Å²) >= 11 is 0. The van der Waals surface area contributed by atoms with Crippen molar-refractivity contribution in [3.05, 3.63) is 48.0 Å². The molecule has 38 heavy (non-hydrogen) atoms. The predicted molar refractivity (Wildman–Crippen MR) is 147 cm³/mol. The molecule has 1 fully saturated rings. The van der Waals surface area contributed by atoms with Crippen molar-refractivity contribution in [1.82, 2.24) is 29.4 Å². The van der Waals surface area contributed by atoms with E-state index < -0.39 is 5.60 Å². The first-order valence-corrected chi connectivity index (χ1v) is 13.6. The third-order valence-corrected chi connectivity index (χ3v) is 7.65. The largest absolute Gasteiger partial charge is 0.444 e. The molecule has 2 aliphatic rings. The van der Waals surface area contributed by atoms with E-state index in [-0.39, 0.29) is 6.09 Å². The van der Waals surface area contributed by atoms with Crippen LogP contribution in [0.1, 0.15) is 70.7 Å². The van der Waals surface area contributed by atoms with Gasteiger partial charge in [-0.2, -0.15) is 4.98 Å². The number of pyridine rings is 2. The van der Waals surface area contributed by atoms with Crippen LogP contribution in [0.25, 0.3) is 21.9 Å². The van der Waals surface area contributed by atoms with Crippen LogP contribution in [0.2, 0.25) is 0 Å². The van der Waals surface area contributed by atoms with Gasteiger partial charge in [0.2, 0.25) is 5.95 Å². The molecule has 0 unspecified atom stereocenters. The lowest BCUT2D eigenvalue weighted by atomic mass is 9.87. The van der Waals surface area contributed by atoms with Crippen LogP contribution in [0, 0.1) is 5.92 Å².